The maximum Gasteiger partial charge on any atom is 0.248 e. The van der Waals surface area contributed by atoms with Gasteiger partial charge >= 0.3 is 0 Å². The summed E-state index contributed by atoms with van der Waals surface area (Å²) in [5, 5.41) is 12.5. The Bertz CT molecular complexity index is 422. The Morgan fingerprint density at radius 3 is 2.94 bits per heavy atom. The van der Waals surface area contributed by atoms with Crippen LogP contribution in [0.15, 0.2) is 18.2 Å². The number of benzene rings is 1. The molecule has 86 valence electrons. The second-order valence-electron chi connectivity index (χ2n) is 3.61. The van der Waals surface area contributed by atoms with E-state index in [1.165, 1.54) is 0 Å². The van der Waals surface area contributed by atoms with Crippen molar-refractivity contribution in [2.75, 3.05) is 25.1 Å². The van der Waals surface area contributed by atoms with Gasteiger partial charge < -0.3 is 15.3 Å². The monoisotopic (exact) mass is 240 g/mol. The second kappa shape index (κ2) is 4.41. The number of hydrogen-bond donors (Lipinski definition) is 2. The molecule has 2 N–H and O–H groups in total. The molecular formula is C11H13ClN2O2. The van der Waals surface area contributed by atoms with Crippen molar-refractivity contribution in [1.29, 1.82) is 0 Å². The van der Waals surface area contributed by atoms with Gasteiger partial charge in [0, 0.05) is 17.1 Å². The van der Waals surface area contributed by atoms with Gasteiger partial charge in [-0.25, -0.2) is 0 Å². The van der Waals surface area contributed by atoms with Gasteiger partial charge in [-0.3, -0.25) is 4.79 Å². The Hall–Kier alpha value is -1.10. The fraction of sp³-hybridized carbons (Fsp3) is 0.364. The number of carbonyl (C=O) groups excluding carboxylic acids is 1. The van der Waals surface area contributed by atoms with E-state index in [1.54, 1.807) is 24.1 Å². The molecule has 1 amide bonds. The number of hydrogen-bond acceptors (Lipinski definition) is 3. The van der Waals surface area contributed by atoms with Gasteiger partial charge in [0.15, 0.2) is 0 Å². The molecule has 1 atom stereocenters. The summed E-state index contributed by atoms with van der Waals surface area (Å²) in [6.07, 6.45) is 0. The Balaban J connectivity index is 2.50. The number of anilines is 1. The van der Waals surface area contributed by atoms with Crippen LogP contribution in [-0.4, -0.2) is 31.2 Å². The van der Waals surface area contributed by atoms with E-state index in [4.69, 9.17) is 16.7 Å². The summed E-state index contributed by atoms with van der Waals surface area (Å²) in [6.45, 7) is 0.235. The smallest absolute Gasteiger partial charge is 0.248 e. The zero-order valence-corrected chi connectivity index (χ0v) is 9.66. The molecule has 0 saturated heterocycles. The lowest BCUT2D eigenvalue weighted by Crippen LogP contribution is -2.35. The number of aliphatic hydroxyl groups excluding tert-OH is 1. The molecule has 1 heterocycles. The minimum atomic E-state index is -0.407. The highest BCUT2D eigenvalue weighted by Crippen LogP contribution is 2.39. The van der Waals surface area contributed by atoms with Crippen LogP contribution in [0.3, 0.4) is 0 Å². The van der Waals surface area contributed by atoms with Crippen LogP contribution in [0.25, 0.3) is 0 Å². The fourth-order valence-electron chi connectivity index (χ4n) is 2.04. The number of β-amino-alcohol motifs (C(OH)–C–C–N with tert-alkyl or cyclic N) is 1. The number of aliphatic hydroxyl groups is 1. The maximum atomic E-state index is 12.0. The highest BCUT2D eigenvalue weighted by Gasteiger charge is 2.37. The number of halogens is 1. The predicted molar refractivity (Wildman–Crippen MR) is 62.7 cm³/mol. The largest absolute Gasteiger partial charge is 0.395 e. The van der Waals surface area contributed by atoms with Crippen molar-refractivity contribution in [3.05, 3.63) is 28.8 Å². The number of rotatable bonds is 3. The highest BCUT2D eigenvalue weighted by atomic mass is 35.5. The third-order valence-corrected chi connectivity index (χ3v) is 3.06. The minimum Gasteiger partial charge on any atom is -0.395 e. The van der Waals surface area contributed by atoms with Gasteiger partial charge in [0.2, 0.25) is 5.91 Å². The van der Waals surface area contributed by atoms with E-state index in [0.717, 1.165) is 11.3 Å². The number of nitrogens with one attached hydrogen (secondary N) is 1. The van der Waals surface area contributed by atoms with Crippen LogP contribution < -0.4 is 10.2 Å². The quantitative estimate of drug-likeness (QED) is 0.827. The van der Waals surface area contributed by atoms with Crippen LogP contribution in [-0.2, 0) is 4.79 Å². The first kappa shape index (κ1) is 11.4. The first-order chi connectivity index (χ1) is 7.70. The lowest BCUT2D eigenvalue weighted by molar-refractivity contribution is -0.120. The van der Waals surface area contributed by atoms with E-state index in [9.17, 15) is 4.79 Å². The lowest BCUT2D eigenvalue weighted by atomic mass is 10.1. The summed E-state index contributed by atoms with van der Waals surface area (Å²) >= 11 is 6.09. The molecule has 4 nitrogen and oxygen atoms in total. The Morgan fingerprint density at radius 2 is 2.31 bits per heavy atom. The van der Waals surface area contributed by atoms with E-state index >= 15 is 0 Å². The zero-order chi connectivity index (χ0) is 11.7. The van der Waals surface area contributed by atoms with Crippen LogP contribution in [0.1, 0.15) is 11.6 Å². The van der Waals surface area contributed by atoms with Crippen molar-refractivity contribution in [2.45, 2.75) is 6.04 Å². The van der Waals surface area contributed by atoms with E-state index in [0.29, 0.717) is 11.6 Å². The molecule has 0 saturated carbocycles. The third-order valence-electron chi connectivity index (χ3n) is 2.73. The van der Waals surface area contributed by atoms with Crippen LogP contribution in [0.2, 0.25) is 5.02 Å². The third kappa shape index (κ3) is 1.59. The first-order valence-electron chi connectivity index (χ1n) is 5.08. The van der Waals surface area contributed by atoms with E-state index in [2.05, 4.69) is 5.32 Å². The van der Waals surface area contributed by atoms with E-state index in [-0.39, 0.29) is 12.5 Å². The van der Waals surface area contributed by atoms with Crippen molar-refractivity contribution in [3.63, 3.8) is 0 Å². The topological polar surface area (TPSA) is 52.6 Å². The Morgan fingerprint density at radius 1 is 1.56 bits per heavy atom. The summed E-state index contributed by atoms with van der Waals surface area (Å²) in [4.78, 5) is 13.6. The van der Waals surface area contributed by atoms with Gasteiger partial charge in [-0.1, -0.05) is 17.7 Å². The molecule has 0 radical (unpaired) electrons. The van der Waals surface area contributed by atoms with Gasteiger partial charge in [0.25, 0.3) is 0 Å². The summed E-state index contributed by atoms with van der Waals surface area (Å²) < 4.78 is 0. The lowest BCUT2D eigenvalue weighted by Gasteiger charge is -2.16. The highest BCUT2D eigenvalue weighted by molar-refractivity contribution is 6.32. The summed E-state index contributed by atoms with van der Waals surface area (Å²) in [5.74, 6) is -0.0698. The molecule has 0 bridgehead atoms. The second-order valence-corrected chi connectivity index (χ2v) is 4.02. The van der Waals surface area contributed by atoms with Gasteiger partial charge in [0.05, 0.1) is 12.3 Å². The molecule has 5 heteroatoms. The van der Waals surface area contributed by atoms with Gasteiger partial charge in [0.1, 0.15) is 6.04 Å². The van der Waals surface area contributed by atoms with Gasteiger partial charge in [-0.15, -0.1) is 0 Å². The standard InChI is InChI=1S/C11H13ClN2O2/c1-13-10-9-7(12)3-2-4-8(9)14(5-6-15)11(10)16/h2-4,10,13,15H,5-6H2,1H3. The summed E-state index contributed by atoms with van der Waals surface area (Å²) in [7, 11) is 1.72. The number of nitrogens with zero attached hydrogens (tertiary/aromatic N) is 1. The molecule has 0 aliphatic carbocycles. The fourth-order valence-corrected chi connectivity index (χ4v) is 2.32. The van der Waals surface area contributed by atoms with Gasteiger partial charge in [-0.2, -0.15) is 0 Å². The number of carbonyl (C=O) groups is 1. The van der Waals surface area contributed by atoms with Crippen LogP contribution >= 0.6 is 11.6 Å². The van der Waals surface area contributed by atoms with Crippen molar-refractivity contribution in [3.8, 4) is 0 Å². The molecule has 1 aromatic rings. The molecule has 0 spiro atoms. The Labute approximate surface area is 98.8 Å². The van der Waals surface area contributed by atoms with Crippen LogP contribution in [0, 0.1) is 0 Å². The molecule has 1 aliphatic rings. The minimum absolute atomic E-state index is 0.0614. The molecule has 0 fully saturated rings. The maximum absolute atomic E-state index is 12.0. The van der Waals surface area contributed by atoms with Crippen LogP contribution in [0.4, 0.5) is 5.69 Å². The normalized spacial score (nSPS) is 19.1. The van der Waals surface area contributed by atoms with Gasteiger partial charge in [-0.05, 0) is 19.2 Å². The molecule has 1 aromatic carbocycles. The van der Waals surface area contributed by atoms with Crippen molar-refractivity contribution in [2.24, 2.45) is 0 Å². The number of likely N-dealkylation sites (N-methyl/N-ethyl adjacent to an activating group) is 1. The Kier molecular flexibility index (Phi) is 3.14. The van der Waals surface area contributed by atoms with Crippen molar-refractivity contribution >= 4 is 23.2 Å². The molecular weight excluding hydrogens is 228 g/mol. The first-order valence-corrected chi connectivity index (χ1v) is 5.46. The summed E-state index contributed by atoms with van der Waals surface area (Å²) in [5.41, 5.74) is 1.58. The number of fused-ring (bicyclic) bond motifs is 1. The van der Waals surface area contributed by atoms with Crippen LogP contribution in [0.5, 0.6) is 0 Å². The summed E-state index contributed by atoms with van der Waals surface area (Å²) in [6, 6.07) is 5.00. The SMILES string of the molecule is CNC1C(=O)N(CCO)c2cccc(Cl)c21. The average Bonchev–Trinajstić information content (AvgIpc) is 2.54. The zero-order valence-electron chi connectivity index (χ0n) is 8.90. The molecule has 2 rings (SSSR count). The van der Waals surface area contributed by atoms with E-state index < -0.39 is 6.04 Å². The predicted octanol–water partition coefficient (Wildman–Crippen LogP) is 0.939. The van der Waals surface area contributed by atoms with E-state index in [1.807, 2.05) is 6.07 Å². The molecule has 1 aliphatic heterocycles. The van der Waals surface area contributed by atoms with Crippen molar-refractivity contribution in [1.82, 2.24) is 5.32 Å². The average molecular weight is 241 g/mol. The number of amides is 1. The molecule has 1 unspecified atom stereocenters. The molecule has 16 heavy (non-hydrogen) atoms. The van der Waals surface area contributed by atoms with Crippen molar-refractivity contribution < 1.29 is 9.90 Å². The molecule has 0 aromatic heterocycles.